The Morgan fingerprint density at radius 3 is 1.47 bits per heavy atom. The fourth-order valence-corrected chi connectivity index (χ4v) is 10.9. The summed E-state index contributed by atoms with van der Waals surface area (Å²) in [7, 11) is -3.95. The lowest BCUT2D eigenvalue weighted by atomic mass is 10.7. The molecule has 0 radical (unpaired) electrons. The van der Waals surface area contributed by atoms with Crippen molar-refractivity contribution in [2.75, 3.05) is 0 Å². The Bertz CT molecular complexity index is 371. The SMILES string of the molecule is C[Si](C)(C)c1n[nH]c([Si](C)(C)C)c1[Si](C)(C)C. The third-order valence-corrected chi connectivity index (χ3v) is 9.11. The Kier molecular flexibility index (Phi) is 3.69. The van der Waals surface area contributed by atoms with Gasteiger partial charge in [-0.3, -0.25) is 5.10 Å². The molecule has 0 unspecified atom stereocenters. The highest BCUT2D eigenvalue weighted by Gasteiger charge is 2.36. The lowest BCUT2D eigenvalue weighted by Gasteiger charge is -2.27. The van der Waals surface area contributed by atoms with Crippen LogP contribution in [0.2, 0.25) is 58.9 Å². The third-order valence-electron chi connectivity index (χ3n) is 2.98. The zero-order valence-corrected chi connectivity index (χ0v) is 15.9. The highest BCUT2D eigenvalue weighted by molar-refractivity contribution is 7.03. The van der Waals surface area contributed by atoms with Gasteiger partial charge in [0.05, 0.1) is 8.07 Å². The highest BCUT2D eigenvalue weighted by Crippen LogP contribution is 2.07. The van der Waals surface area contributed by atoms with E-state index < -0.39 is 24.2 Å². The number of H-pyrrole nitrogens is 1. The average molecular weight is 285 g/mol. The zero-order chi connectivity index (χ0) is 13.6. The fourth-order valence-electron chi connectivity index (χ4n) is 2.16. The van der Waals surface area contributed by atoms with E-state index in [1.165, 1.54) is 10.6 Å². The fraction of sp³-hybridized carbons (Fsp3) is 0.750. The molecule has 17 heavy (non-hydrogen) atoms. The third kappa shape index (κ3) is 3.20. The van der Waals surface area contributed by atoms with E-state index in [4.69, 9.17) is 5.10 Å². The number of nitrogens with zero attached hydrogens (tertiary/aromatic N) is 1. The molecule has 0 aliphatic rings. The summed E-state index contributed by atoms with van der Waals surface area (Å²) in [5.41, 5.74) is 0. The van der Waals surface area contributed by atoms with Crippen molar-refractivity contribution < 1.29 is 0 Å². The molecule has 0 aromatic carbocycles. The Morgan fingerprint density at radius 1 is 0.706 bits per heavy atom. The van der Waals surface area contributed by atoms with Crippen LogP contribution in [0, 0.1) is 0 Å². The maximum atomic E-state index is 4.73. The van der Waals surface area contributed by atoms with Crippen molar-refractivity contribution in [1.29, 1.82) is 0 Å². The van der Waals surface area contributed by atoms with Gasteiger partial charge in [0, 0.05) is 10.6 Å². The Morgan fingerprint density at radius 2 is 1.18 bits per heavy atom. The van der Waals surface area contributed by atoms with E-state index in [0.29, 0.717) is 0 Å². The molecule has 1 N–H and O–H groups in total. The van der Waals surface area contributed by atoms with Crippen LogP contribution < -0.4 is 15.8 Å². The topological polar surface area (TPSA) is 28.7 Å². The smallest absolute Gasteiger partial charge is 0.103 e. The average Bonchev–Trinajstić information content (AvgIpc) is 2.42. The van der Waals surface area contributed by atoms with E-state index in [2.05, 4.69) is 64.0 Å². The molecule has 1 aromatic rings. The second kappa shape index (κ2) is 4.21. The maximum absolute atomic E-state index is 4.73. The van der Waals surface area contributed by atoms with E-state index in [0.717, 1.165) is 0 Å². The molecular weight excluding hydrogens is 256 g/mol. The van der Waals surface area contributed by atoms with Crippen LogP contribution >= 0.6 is 0 Å². The first-order valence-electron chi connectivity index (χ1n) is 6.45. The molecule has 0 fully saturated rings. The molecule has 0 saturated heterocycles. The molecule has 0 aliphatic heterocycles. The second-order valence-corrected chi connectivity index (χ2v) is 23.0. The van der Waals surface area contributed by atoms with E-state index in [9.17, 15) is 0 Å². The minimum absolute atomic E-state index is 1.31. The summed E-state index contributed by atoms with van der Waals surface area (Å²) >= 11 is 0. The molecule has 0 saturated carbocycles. The van der Waals surface area contributed by atoms with Gasteiger partial charge < -0.3 is 0 Å². The standard InChI is InChI=1S/C12H28N2Si3/c1-15(2,3)10-11(16(4,5)6)13-14-12(10)17(7,8)9/h1-9H3,(H,13,14). The Hall–Kier alpha value is -0.139. The van der Waals surface area contributed by atoms with Crippen molar-refractivity contribution >= 4 is 40.0 Å². The Balaban J connectivity index is 3.53. The maximum Gasteiger partial charge on any atom is 0.103 e. The van der Waals surface area contributed by atoms with Crippen LogP contribution in [0.1, 0.15) is 0 Å². The summed E-state index contributed by atoms with van der Waals surface area (Å²) in [5, 5.41) is 12.7. The minimum atomic E-state index is -1.33. The van der Waals surface area contributed by atoms with Crippen molar-refractivity contribution in [1.82, 2.24) is 10.2 Å². The van der Waals surface area contributed by atoms with Crippen molar-refractivity contribution in [3.63, 3.8) is 0 Å². The number of rotatable bonds is 3. The second-order valence-electron chi connectivity index (χ2n) is 8.07. The molecular formula is C12H28N2Si3. The van der Waals surface area contributed by atoms with Gasteiger partial charge in [0.2, 0.25) is 0 Å². The number of hydrogen-bond acceptors (Lipinski definition) is 1. The van der Waals surface area contributed by atoms with Crippen LogP contribution in [0.5, 0.6) is 0 Å². The van der Waals surface area contributed by atoms with Crippen LogP contribution in [0.25, 0.3) is 0 Å². The number of nitrogens with one attached hydrogen (secondary N) is 1. The largest absolute Gasteiger partial charge is 0.287 e. The van der Waals surface area contributed by atoms with E-state index in [-0.39, 0.29) is 0 Å². The van der Waals surface area contributed by atoms with Crippen molar-refractivity contribution in [2.24, 2.45) is 0 Å². The molecule has 0 atom stereocenters. The van der Waals surface area contributed by atoms with E-state index in [1.54, 1.807) is 5.19 Å². The van der Waals surface area contributed by atoms with Gasteiger partial charge in [0.1, 0.15) is 16.1 Å². The van der Waals surface area contributed by atoms with Gasteiger partial charge >= 0.3 is 0 Å². The van der Waals surface area contributed by atoms with Gasteiger partial charge in [-0.05, 0) is 5.19 Å². The highest BCUT2D eigenvalue weighted by atomic mass is 28.3. The predicted molar refractivity (Wildman–Crippen MR) is 87.5 cm³/mol. The van der Waals surface area contributed by atoms with Gasteiger partial charge in [-0.1, -0.05) is 58.9 Å². The quantitative estimate of drug-likeness (QED) is 0.846. The molecule has 0 spiro atoms. The zero-order valence-electron chi connectivity index (χ0n) is 12.9. The summed E-state index contributed by atoms with van der Waals surface area (Å²) in [6.07, 6.45) is 0. The summed E-state index contributed by atoms with van der Waals surface area (Å²) in [6, 6.07) is 0. The molecule has 0 bridgehead atoms. The summed E-state index contributed by atoms with van der Waals surface area (Å²) in [4.78, 5) is 0. The molecule has 1 rings (SSSR count). The van der Waals surface area contributed by atoms with Crippen LogP contribution in [-0.2, 0) is 0 Å². The van der Waals surface area contributed by atoms with Gasteiger partial charge in [-0.25, -0.2) is 0 Å². The molecule has 1 aromatic heterocycles. The van der Waals surface area contributed by atoms with Gasteiger partial charge in [-0.2, -0.15) is 5.10 Å². The van der Waals surface area contributed by atoms with E-state index in [1.807, 2.05) is 0 Å². The van der Waals surface area contributed by atoms with Gasteiger partial charge in [0.15, 0.2) is 0 Å². The first-order valence-corrected chi connectivity index (χ1v) is 16.9. The summed E-state index contributed by atoms with van der Waals surface area (Å²) in [5.74, 6) is 0. The molecule has 1 heterocycles. The van der Waals surface area contributed by atoms with Crippen LogP contribution in [0.15, 0.2) is 0 Å². The van der Waals surface area contributed by atoms with Crippen LogP contribution in [-0.4, -0.2) is 34.4 Å². The summed E-state index contributed by atoms with van der Waals surface area (Å²) < 4.78 is 0. The lowest BCUT2D eigenvalue weighted by molar-refractivity contribution is 1.12. The van der Waals surface area contributed by atoms with Gasteiger partial charge in [-0.15, -0.1) is 0 Å². The molecule has 0 aliphatic carbocycles. The number of aromatic nitrogens is 2. The Labute approximate surface area is 109 Å². The van der Waals surface area contributed by atoms with Crippen LogP contribution in [0.4, 0.5) is 0 Å². The molecule has 2 nitrogen and oxygen atoms in total. The number of hydrogen-bond donors (Lipinski definition) is 1. The van der Waals surface area contributed by atoms with Crippen molar-refractivity contribution in [2.45, 2.75) is 58.9 Å². The molecule has 98 valence electrons. The normalized spacial score (nSPS) is 14.2. The number of aromatic amines is 1. The van der Waals surface area contributed by atoms with Gasteiger partial charge in [0.25, 0.3) is 0 Å². The summed E-state index contributed by atoms with van der Waals surface area (Å²) in [6.45, 7) is 21.8. The monoisotopic (exact) mass is 284 g/mol. The minimum Gasteiger partial charge on any atom is -0.287 e. The van der Waals surface area contributed by atoms with Crippen molar-refractivity contribution in [3.8, 4) is 0 Å². The van der Waals surface area contributed by atoms with Crippen LogP contribution in [0.3, 0.4) is 0 Å². The first kappa shape index (κ1) is 14.9. The predicted octanol–water partition coefficient (Wildman–Crippen LogP) is 2.05. The van der Waals surface area contributed by atoms with E-state index >= 15 is 0 Å². The first-order chi connectivity index (χ1) is 7.35. The van der Waals surface area contributed by atoms with Crippen molar-refractivity contribution in [3.05, 3.63) is 0 Å². The molecule has 0 amide bonds. The lowest BCUT2D eigenvalue weighted by Crippen LogP contribution is -2.64. The molecule has 5 heteroatoms.